The lowest BCUT2D eigenvalue weighted by molar-refractivity contribution is -0.120. The number of furan rings is 1. The highest BCUT2D eigenvalue weighted by Gasteiger charge is 2.23. The van der Waals surface area contributed by atoms with Crippen molar-refractivity contribution in [3.8, 4) is 5.75 Å². The molecule has 0 saturated heterocycles. The Bertz CT molecular complexity index is 722. The first-order valence-corrected chi connectivity index (χ1v) is 7.65. The minimum Gasteiger partial charge on any atom is -0.486 e. The van der Waals surface area contributed by atoms with Crippen molar-refractivity contribution in [2.45, 2.75) is 25.5 Å². The van der Waals surface area contributed by atoms with Crippen molar-refractivity contribution in [2.24, 2.45) is 0 Å². The first-order valence-electron chi connectivity index (χ1n) is 7.65. The minimum absolute atomic E-state index is 0.0859. The van der Waals surface area contributed by atoms with E-state index in [0.717, 1.165) is 12.8 Å². The number of ether oxygens (including phenoxy) is 1. The number of benzene rings is 1. The first-order chi connectivity index (χ1) is 11.6. The van der Waals surface area contributed by atoms with Gasteiger partial charge in [-0.05, 0) is 49.2 Å². The zero-order valence-corrected chi connectivity index (χ0v) is 12.9. The van der Waals surface area contributed by atoms with Crippen LogP contribution in [0.5, 0.6) is 5.75 Å². The van der Waals surface area contributed by atoms with Gasteiger partial charge in [-0.15, -0.1) is 0 Å². The van der Waals surface area contributed by atoms with Crippen molar-refractivity contribution in [2.75, 3.05) is 6.54 Å². The third-order valence-corrected chi connectivity index (χ3v) is 3.43. The second-order valence-corrected chi connectivity index (χ2v) is 5.53. The Labute approximate surface area is 138 Å². The van der Waals surface area contributed by atoms with Crippen molar-refractivity contribution in [1.82, 2.24) is 10.6 Å². The molecule has 0 bridgehead atoms. The van der Waals surface area contributed by atoms with Crippen LogP contribution in [0.4, 0.5) is 4.39 Å². The number of rotatable bonds is 7. The lowest BCUT2D eigenvalue weighted by atomic mass is 10.3. The van der Waals surface area contributed by atoms with Gasteiger partial charge in [-0.2, -0.15) is 0 Å². The van der Waals surface area contributed by atoms with E-state index in [2.05, 4.69) is 10.6 Å². The topological polar surface area (TPSA) is 80.6 Å². The van der Waals surface area contributed by atoms with Crippen LogP contribution in [0, 0.1) is 5.82 Å². The highest BCUT2D eigenvalue weighted by Crippen LogP contribution is 2.18. The van der Waals surface area contributed by atoms with Gasteiger partial charge in [-0.1, -0.05) is 0 Å². The molecule has 1 fully saturated rings. The Kier molecular flexibility index (Phi) is 4.79. The monoisotopic (exact) mass is 332 g/mol. The fraction of sp³-hybridized carbons (Fsp3) is 0.294. The molecule has 2 amide bonds. The third-order valence-electron chi connectivity index (χ3n) is 3.43. The molecule has 0 atom stereocenters. The Morgan fingerprint density at radius 1 is 1.17 bits per heavy atom. The molecule has 3 rings (SSSR count). The zero-order valence-electron chi connectivity index (χ0n) is 12.9. The van der Waals surface area contributed by atoms with E-state index in [4.69, 9.17) is 9.15 Å². The molecule has 0 spiro atoms. The maximum Gasteiger partial charge on any atom is 0.287 e. The van der Waals surface area contributed by atoms with Crippen LogP contribution in [-0.4, -0.2) is 24.4 Å². The third kappa shape index (κ3) is 4.58. The summed E-state index contributed by atoms with van der Waals surface area (Å²) in [6, 6.07) is 8.98. The Hall–Kier alpha value is -2.83. The van der Waals surface area contributed by atoms with Crippen LogP contribution in [0.1, 0.15) is 29.2 Å². The second-order valence-electron chi connectivity index (χ2n) is 5.53. The molecule has 1 saturated carbocycles. The van der Waals surface area contributed by atoms with Gasteiger partial charge in [-0.25, -0.2) is 4.39 Å². The van der Waals surface area contributed by atoms with Gasteiger partial charge in [0.2, 0.25) is 5.91 Å². The van der Waals surface area contributed by atoms with Crippen molar-refractivity contribution in [1.29, 1.82) is 0 Å². The predicted molar refractivity (Wildman–Crippen MR) is 82.9 cm³/mol. The Balaban J connectivity index is 1.46. The molecule has 1 aliphatic carbocycles. The number of carbonyl (C=O) groups excluding carboxylic acids is 2. The highest BCUT2D eigenvalue weighted by atomic mass is 19.1. The normalized spacial score (nSPS) is 13.4. The molecular formula is C17H17FN2O4. The average Bonchev–Trinajstić information content (AvgIpc) is 3.25. The van der Waals surface area contributed by atoms with Crippen LogP contribution < -0.4 is 15.4 Å². The van der Waals surface area contributed by atoms with Gasteiger partial charge in [0, 0.05) is 6.04 Å². The summed E-state index contributed by atoms with van der Waals surface area (Å²) in [5.74, 6) is 0.0330. The summed E-state index contributed by atoms with van der Waals surface area (Å²) in [6.45, 7) is 0.0263. The van der Waals surface area contributed by atoms with Crippen LogP contribution in [0.25, 0.3) is 0 Å². The molecule has 7 heteroatoms. The predicted octanol–water partition coefficient (Wildman–Crippen LogP) is 2.01. The zero-order chi connectivity index (χ0) is 16.9. The lowest BCUT2D eigenvalue weighted by Crippen LogP contribution is -2.37. The number of carbonyl (C=O) groups is 2. The van der Waals surface area contributed by atoms with E-state index >= 15 is 0 Å². The minimum atomic E-state index is -0.464. The largest absolute Gasteiger partial charge is 0.486 e. The maximum absolute atomic E-state index is 12.8. The number of hydrogen-bond acceptors (Lipinski definition) is 4. The van der Waals surface area contributed by atoms with Gasteiger partial charge >= 0.3 is 0 Å². The molecule has 2 N–H and O–H groups in total. The van der Waals surface area contributed by atoms with Crippen LogP contribution in [-0.2, 0) is 11.4 Å². The van der Waals surface area contributed by atoms with Gasteiger partial charge in [0.05, 0.1) is 6.54 Å². The molecule has 0 radical (unpaired) electrons. The Morgan fingerprint density at radius 2 is 1.92 bits per heavy atom. The van der Waals surface area contributed by atoms with Crippen molar-refractivity contribution in [3.63, 3.8) is 0 Å². The number of halogens is 1. The molecule has 1 aromatic carbocycles. The molecule has 6 nitrogen and oxygen atoms in total. The van der Waals surface area contributed by atoms with E-state index in [1.54, 1.807) is 6.07 Å². The molecule has 0 unspecified atom stereocenters. The molecule has 1 aromatic heterocycles. The van der Waals surface area contributed by atoms with Crippen LogP contribution >= 0.6 is 0 Å². The summed E-state index contributed by atoms with van der Waals surface area (Å²) in [6.07, 6.45) is 1.99. The quantitative estimate of drug-likeness (QED) is 0.813. The smallest absolute Gasteiger partial charge is 0.287 e. The van der Waals surface area contributed by atoms with E-state index < -0.39 is 5.91 Å². The molecule has 0 aliphatic heterocycles. The lowest BCUT2D eigenvalue weighted by Gasteiger charge is -2.05. The van der Waals surface area contributed by atoms with E-state index in [9.17, 15) is 14.0 Å². The molecule has 126 valence electrons. The van der Waals surface area contributed by atoms with Crippen LogP contribution in [0.15, 0.2) is 40.8 Å². The second kappa shape index (κ2) is 7.16. The fourth-order valence-electron chi connectivity index (χ4n) is 2.02. The van der Waals surface area contributed by atoms with E-state index in [0.29, 0.717) is 11.5 Å². The standard InChI is InChI=1S/C17H17FN2O4/c18-11-1-5-13(6-2-11)23-10-14-7-8-15(24-14)17(22)19-9-16(21)20-12-3-4-12/h1-2,5-8,12H,3-4,9-10H2,(H,19,22)(H,20,21). The van der Waals surface area contributed by atoms with E-state index in [1.807, 2.05) is 0 Å². The van der Waals surface area contributed by atoms with Gasteiger partial charge < -0.3 is 19.8 Å². The van der Waals surface area contributed by atoms with E-state index in [-0.39, 0.29) is 36.7 Å². The molecule has 2 aromatic rings. The van der Waals surface area contributed by atoms with Crippen molar-refractivity contribution in [3.05, 3.63) is 53.7 Å². The molecule has 1 heterocycles. The average molecular weight is 332 g/mol. The van der Waals surface area contributed by atoms with Crippen molar-refractivity contribution < 1.29 is 23.1 Å². The number of hydrogen-bond donors (Lipinski definition) is 2. The summed E-state index contributed by atoms with van der Waals surface area (Å²) >= 11 is 0. The number of amides is 2. The summed E-state index contributed by atoms with van der Waals surface area (Å²) in [5, 5.41) is 5.28. The fourth-order valence-corrected chi connectivity index (χ4v) is 2.02. The number of nitrogens with one attached hydrogen (secondary N) is 2. The molecule has 24 heavy (non-hydrogen) atoms. The van der Waals surface area contributed by atoms with Gasteiger partial charge in [-0.3, -0.25) is 9.59 Å². The van der Waals surface area contributed by atoms with Crippen LogP contribution in [0.3, 0.4) is 0 Å². The Morgan fingerprint density at radius 3 is 2.62 bits per heavy atom. The van der Waals surface area contributed by atoms with Crippen LogP contribution in [0.2, 0.25) is 0 Å². The summed E-state index contributed by atoms with van der Waals surface area (Å²) in [4.78, 5) is 23.4. The highest BCUT2D eigenvalue weighted by molar-refractivity contribution is 5.94. The summed E-state index contributed by atoms with van der Waals surface area (Å²) < 4.78 is 23.6. The molecule has 1 aliphatic rings. The van der Waals surface area contributed by atoms with Gasteiger partial charge in [0.15, 0.2) is 5.76 Å². The SMILES string of the molecule is O=C(CNC(=O)c1ccc(COc2ccc(F)cc2)o1)NC1CC1. The first kappa shape index (κ1) is 16.0. The van der Waals surface area contributed by atoms with Crippen molar-refractivity contribution >= 4 is 11.8 Å². The van der Waals surface area contributed by atoms with E-state index in [1.165, 1.54) is 30.3 Å². The summed E-state index contributed by atoms with van der Waals surface area (Å²) in [7, 11) is 0. The maximum atomic E-state index is 12.8. The van der Waals surface area contributed by atoms with Gasteiger partial charge in [0.25, 0.3) is 5.91 Å². The van der Waals surface area contributed by atoms with Gasteiger partial charge in [0.1, 0.15) is 23.9 Å². The molecular weight excluding hydrogens is 315 g/mol. The summed E-state index contributed by atoms with van der Waals surface area (Å²) in [5.41, 5.74) is 0.